The summed E-state index contributed by atoms with van der Waals surface area (Å²) in [5, 5.41) is 3.06. The second-order valence-corrected chi connectivity index (χ2v) is 7.68. The fraction of sp³-hybridized carbons (Fsp3) is 0.409. The molecule has 0 unspecified atom stereocenters. The number of nitrogens with one attached hydrogen (secondary N) is 1. The Morgan fingerprint density at radius 2 is 1.70 bits per heavy atom. The molecule has 4 rings (SSSR count). The third kappa shape index (κ3) is 3.27. The Morgan fingerprint density at radius 1 is 1.03 bits per heavy atom. The van der Waals surface area contributed by atoms with Gasteiger partial charge in [-0.05, 0) is 25.5 Å². The van der Waals surface area contributed by atoms with Crippen molar-refractivity contribution in [2.24, 2.45) is 7.05 Å². The maximum absolute atomic E-state index is 13.6. The summed E-state index contributed by atoms with van der Waals surface area (Å²) in [6, 6.07) is 7.24. The first-order valence-electron chi connectivity index (χ1n) is 10.2. The molecule has 0 saturated carbocycles. The number of imide groups is 1. The smallest absolute Gasteiger partial charge is 0.282 e. The molecule has 158 valence electrons. The van der Waals surface area contributed by atoms with Crippen molar-refractivity contribution in [2.75, 3.05) is 31.2 Å². The number of anilines is 1. The summed E-state index contributed by atoms with van der Waals surface area (Å²) >= 11 is 0. The number of aryl methyl sites for hydroxylation is 3. The minimum atomic E-state index is -0.459. The van der Waals surface area contributed by atoms with Crippen molar-refractivity contribution in [1.82, 2.24) is 14.7 Å². The lowest BCUT2D eigenvalue weighted by molar-refractivity contribution is -0.121. The average molecular weight is 410 g/mol. The maximum atomic E-state index is 13.6. The number of hydrogen-bond donors (Lipinski definition) is 1. The first-order chi connectivity index (χ1) is 14.4. The molecule has 30 heavy (non-hydrogen) atoms. The van der Waals surface area contributed by atoms with Crippen molar-refractivity contribution in [1.29, 1.82) is 0 Å². The zero-order chi connectivity index (χ0) is 21.4. The van der Waals surface area contributed by atoms with Crippen molar-refractivity contribution in [2.45, 2.75) is 26.7 Å². The fourth-order valence-corrected chi connectivity index (χ4v) is 4.05. The van der Waals surface area contributed by atoms with Crippen LogP contribution in [0.4, 0.5) is 5.69 Å². The fourth-order valence-electron chi connectivity index (χ4n) is 4.05. The van der Waals surface area contributed by atoms with Crippen LogP contribution in [0.2, 0.25) is 0 Å². The van der Waals surface area contributed by atoms with Crippen LogP contribution >= 0.6 is 0 Å². The van der Waals surface area contributed by atoms with Crippen molar-refractivity contribution in [3.8, 4) is 0 Å². The molecule has 8 nitrogen and oxygen atoms in total. The molecule has 8 heteroatoms. The molecule has 1 aromatic heterocycles. The second-order valence-electron chi connectivity index (χ2n) is 7.68. The number of amides is 2. The second kappa shape index (κ2) is 7.95. The zero-order valence-electron chi connectivity index (χ0n) is 17.5. The number of hydrogen-bond acceptors (Lipinski definition) is 5. The van der Waals surface area contributed by atoms with Gasteiger partial charge in [-0.1, -0.05) is 31.0 Å². The van der Waals surface area contributed by atoms with E-state index in [4.69, 9.17) is 4.74 Å². The summed E-state index contributed by atoms with van der Waals surface area (Å²) in [5.41, 5.74) is 2.69. The van der Waals surface area contributed by atoms with Crippen LogP contribution in [0.15, 0.2) is 34.8 Å². The highest BCUT2D eigenvalue weighted by atomic mass is 16.5. The highest BCUT2D eigenvalue weighted by Gasteiger charge is 2.44. The number of benzene rings is 1. The molecule has 0 atom stereocenters. The third-order valence-electron chi connectivity index (χ3n) is 5.55. The van der Waals surface area contributed by atoms with E-state index in [0.717, 1.165) is 12.0 Å². The molecule has 0 radical (unpaired) electrons. The highest BCUT2D eigenvalue weighted by molar-refractivity contribution is 6.45. The Hall–Kier alpha value is -3.13. The summed E-state index contributed by atoms with van der Waals surface area (Å²) in [4.78, 5) is 43.2. The number of aromatic nitrogens is 2. The van der Waals surface area contributed by atoms with Crippen LogP contribution in [0.1, 0.15) is 30.2 Å². The minimum Gasteiger partial charge on any atom is -0.378 e. The van der Waals surface area contributed by atoms with E-state index >= 15 is 0 Å². The molecule has 2 aromatic rings. The van der Waals surface area contributed by atoms with Gasteiger partial charge in [0.05, 0.1) is 30.0 Å². The number of morpholine rings is 1. The van der Waals surface area contributed by atoms with Gasteiger partial charge >= 0.3 is 0 Å². The number of rotatable bonds is 5. The molecular formula is C22H26N4O4. The third-order valence-corrected chi connectivity index (χ3v) is 5.55. The van der Waals surface area contributed by atoms with Crippen LogP contribution in [0.5, 0.6) is 0 Å². The first kappa shape index (κ1) is 20.2. The number of aromatic amines is 1. The zero-order valence-corrected chi connectivity index (χ0v) is 17.5. The predicted octanol–water partition coefficient (Wildman–Crippen LogP) is 1.59. The Bertz CT molecular complexity index is 1070. The summed E-state index contributed by atoms with van der Waals surface area (Å²) in [6.45, 7) is 5.87. The van der Waals surface area contributed by atoms with Gasteiger partial charge in [0, 0.05) is 25.8 Å². The van der Waals surface area contributed by atoms with Gasteiger partial charge in [-0.2, -0.15) is 0 Å². The van der Waals surface area contributed by atoms with Crippen molar-refractivity contribution < 1.29 is 14.3 Å². The van der Waals surface area contributed by atoms with E-state index in [1.807, 2.05) is 30.9 Å². The summed E-state index contributed by atoms with van der Waals surface area (Å²) in [6.07, 6.45) is 1.41. The van der Waals surface area contributed by atoms with Gasteiger partial charge in [0.2, 0.25) is 0 Å². The number of ether oxygens (including phenoxy) is 1. The van der Waals surface area contributed by atoms with E-state index in [-0.39, 0.29) is 16.8 Å². The van der Waals surface area contributed by atoms with Gasteiger partial charge in [0.25, 0.3) is 17.4 Å². The number of nitrogens with zero attached hydrogens (tertiary/aromatic N) is 3. The number of carbonyl (C=O) groups excluding carboxylic acids is 2. The molecule has 1 N–H and O–H groups in total. The van der Waals surface area contributed by atoms with Gasteiger partial charge < -0.3 is 9.64 Å². The molecule has 3 heterocycles. The van der Waals surface area contributed by atoms with E-state index in [1.165, 1.54) is 9.58 Å². The molecule has 2 aliphatic rings. The van der Waals surface area contributed by atoms with E-state index in [0.29, 0.717) is 49.7 Å². The topological polar surface area (TPSA) is 87.6 Å². The van der Waals surface area contributed by atoms with Crippen LogP contribution < -0.4 is 10.5 Å². The van der Waals surface area contributed by atoms with Gasteiger partial charge in [0.15, 0.2) is 0 Å². The molecular weight excluding hydrogens is 384 g/mol. The Kier molecular flexibility index (Phi) is 5.34. The standard InChI is InChI=1S/C22H26N4O4/c1-4-5-16-17(20(27)24(3)23-16)18-19(25-10-12-30-13-11-25)22(29)26(21(18)28)15-8-6-14(2)7-9-15/h6-9,23H,4-5,10-13H2,1-3H3. The van der Waals surface area contributed by atoms with E-state index in [2.05, 4.69) is 5.10 Å². The molecule has 0 spiro atoms. The van der Waals surface area contributed by atoms with Gasteiger partial charge in [-0.15, -0.1) is 0 Å². The van der Waals surface area contributed by atoms with Crippen molar-refractivity contribution in [3.05, 3.63) is 57.1 Å². The van der Waals surface area contributed by atoms with Crippen molar-refractivity contribution in [3.63, 3.8) is 0 Å². The summed E-state index contributed by atoms with van der Waals surface area (Å²) < 4.78 is 6.80. The normalized spacial score (nSPS) is 17.4. The Balaban J connectivity index is 1.90. The monoisotopic (exact) mass is 410 g/mol. The van der Waals surface area contributed by atoms with Gasteiger partial charge in [-0.3, -0.25) is 24.2 Å². The largest absolute Gasteiger partial charge is 0.378 e. The molecule has 1 fully saturated rings. The number of carbonyl (C=O) groups is 2. The minimum absolute atomic E-state index is 0.188. The first-order valence-corrected chi connectivity index (χ1v) is 10.2. The SMILES string of the molecule is CCCc1[nH]n(C)c(=O)c1C1=C(N2CCOCC2)C(=O)N(c2ccc(C)cc2)C1=O. The summed E-state index contributed by atoms with van der Waals surface area (Å²) in [5.74, 6) is -0.856. The van der Waals surface area contributed by atoms with Crippen LogP contribution in [0, 0.1) is 6.92 Å². The molecule has 1 saturated heterocycles. The van der Waals surface area contributed by atoms with E-state index in [1.54, 1.807) is 19.2 Å². The molecule has 0 aliphatic carbocycles. The van der Waals surface area contributed by atoms with Crippen molar-refractivity contribution >= 4 is 23.1 Å². The van der Waals surface area contributed by atoms with E-state index in [9.17, 15) is 14.4 Å². The molecule has 0 bridgehead atoms. The molecule has 2 amide bonds. The quantitative estimate of drug-likeness (QED) is 0.757. The van der Waals surface area contributed by atoms with Crippen LogP contribution in [-0.4, -0.2) is 52.8 Å². The Labute approximate surface area is 174 Å². The summed E-state index contributed by atoms with van der Waals surface area (Å²) in [7, 11) is 1.62. The Morgan fingerprint density at radius 3 is 2.33 bits per heavy atom. The average Bonchev–Trinajstić information content (AvgIpc) is 3.15. The predicted molar refractivity (Wildman–Crippen MR) is 113 cm³/mol. The van der Waals surface area contributed by atoms with Gasteiger partial charge in [0.1, 0.15) is 5.70 Å². The van der Waals surface area contributed by atoms with Crippen LogP contribution in [-0.2, 0) is 27.8 Å². The van der Waals surface area contributed by atoms with E-state index < -0.39 is 11.8 Å². The number of H-pyrrole nitrogens is 1. The lowest BCUT2D eigenvalue weighted by atomic mass is 10.0. The van der Waals surface area contributed by atoms with Gasteiger partial charge in [-0.25, -0.2) is 4.90 Å². The lowest BCUT2D eigenvalue weighted by Crippen LogP contribution is -2.40. The molecule has 2 aliphatic heterocycles. The van der Waals surface area contributed by atoms with Crippen LogP contribution in [0.25, 0.3) is 5.57 Å². The van der Waals surface area contributed by atoms with Crippen LogP contribution in [0.3, 0.4) is 0 Å². The highest BCUT2D eigenvalue weighted by Crippen LogP contribution is 2.35. The lowest BCUT2D eigenvalue weighted by Gasteiger charge is -2.29. The molecule has 1 aromatic carbocycles. The maximum Gasteiger partial charge on any atom is 0.282 e.